The Morgan fingerprint density at radius 2 is 2.23 bits per heavy atom. The van der Waals surface area contributed by atoms with Crippen LogP contribution in [0, 0.1) is 12.7 Å². The highest BCUT2D eigenvalue weighted by Crippen LogP contribution is 2.24. The average Bonchev–Trinajstić information content (AvgIpc) is 2.05. The number of aliphatic carboxylic acids is 1. The molecule has 0 fully saturated rings. The van der Waals surface area contributed by atoms with Gasteiger partial charge in [0, 0.05) is 0 Å². The number of hydrogen-bond acceptors (Lipinski definition) is 1. The summed E-state index contributed by atoms with van der Waals surface area (Å²) in [5.74, 6) is -1.39. The molecule has 1 rings (SSSR count). The maximum absolute atomic E-state index is 13.0. The minimum Gasteiger partial charge on any atom is -0.481 e. The summed E-state index contributed by atoms with van der Waals surface area (Å²) in [6.07, 6.45) is -0.163. The molecule has 0 saturated carbocycles. The van der Waals surface area contributed by atoms with Gasteiger partial charge in [-0.15, -0.1) is 0 Å². The van der Waals surface area contributed by atoms with Crippen LogP contribution in [-0.2, 0) is 11.2 Å². The number of hydrogen-bond donors (Lipinski definition) is 1. The third-order valence-electron chi connectivity index (χ3n) is 1.76. The standard InChI is InChI=1S/C9H8BrFO2/c1-5-2-3-7(11)9(10)6(5)4-8(12)13/h2-3H,4H2,1H3,(H,12,13). The monoisotopic (exact) mass is 246 g/mol. The summed E-state index contributed by atoms with van der Waals surface area (Å²) in [5.41, 5.74) is 1.27. The molecule has 2 nitrogen and oxygen atoms in total. The fourth-order valence-electron chi connectivity index (χ4n) is 1.06. The SMILES string of the molecule is Cc1ccc(F)c(Br)c1CC(=O)O. The average molecular weight is 247 g/mol. The summed E-state index contributed by atoms with van der Waals surface area (Å²) in [7, 11) is 0. The van der Waals surface area contributed by atoms with E-state index in [0.717, 1.165) is 5.56 Å². The summed E-state index contributed by atoms with van der Waals surface area (Å²) in [5, 5.41) is 8.56. The van der Waals surface area contributed by atoms with Gasteiger partial charge in [-0.25, -0.2) is 4.39 Å². The quantitative estimate of drug-likeness (QED) is 0.871. The zero-order chi connectivity index (χ0) is 10.0. The van der Waals surface area contributed by atoms with Gasteiger partial charge in [-0.05, 0) is 40.0 Å². The van der Waals surface area contributed by atoms with E-state index >= 15 is 0 Å². The van der Waals surface area contributed by atoms with Crippen molar-refractivity contribution in [3.8, 4) is 0 Å². The summed E-state index contributed by atoms with van der Waals surface area (Å²) in [4.78, 5) is 10.4. The molecule has 1 aromatic carbocycles. The van der Waals surface area contributed by atoms with Crippen LogP contribution in [0.5, 0.6) is 0 Å². The Labute approximate surface area is 83.5 Å². The molecule has 4 heteroatoms. The van der Waals surface area contributed by atoms with E-state index in [4.69, 9.17) is 5.11 Å². The Morgan fingerprint density at radius 1 is 1.62 bits per heavy atom. The minimum atomic E-state index is -0.964. The topological polar surface area (TPSA) is 37.3 Å². The van der Waals surface area contributed by atoms with Crippen molar-refractivity contribution < 1.29 is 14.3 Å². The number of benzene rings is 1. The molecule has 0 amide bonds. The van der Waals surface area contributed by atoms with Crippen LogP contribution >= 0.6 is 15.9 Å². The molecule has 0 unspecified atom stereocenters. The zero-order valence-corrected chi connectivity index (χ0v) is 8.56. The number of carbonyl (C=O) groups is 1. The van der Waals surface area contributed by atoms with E-state index in [0.29, 0.717) is 5.56 Å². The van der Waals surface area contributed by atoms with E-state index < -0.39 is 11.8 Å². The molecule has 0 aliphatic rings. The number of carboxylic acids is 1. The van der Waals surface area contributed by atoms with Crippen LogP contribution in [-0.4, -0.2) is 11.1 Å². The van der Waals surface area contributed by atoms with E-state index in [9.17, 15) is 9.18 Å². The highest BCUT2D eigenvalue weighted by molar-refractivity contribution is 9.10. The van der Waals surface area contributed by atoms with Crippen molar-refractivity contribution in [2.75, 3.05) is 0 Å². The van der Waals surface area contributed by atoms with Crippen LogP contribution in [0.25, 0.3) is 0 Å². The smallest absolute Gasteiger partial charge is 0.307 e. The first-order chi connectivity index (χ1) is 6.02. The first-order valence-electron chi connectivity index (χ1n) is 3.67. The molecule has 0 bridgehead atoms. The van der Waals surface area contributed by atoms with Gasteiger partial charge >= 0.3 is 5.97 Å². The lowest BCUT2D eigenvalue weighted by Gasteiger charge is -2.06. The summed E-state index contributed by atoms with van der Waals surface area (Å²) in [6, 6.07) is 2.88. The molecular weight excluding hydrogens is 239 g/mol. The second-order valence-electron chi connectivity index (χ2n) is 2.73. The third kappa shape index (κ3) is 2.28. The highest BCUT2D eigenvalue weighted by Gasteiger charge is 2.11. The predicted molar refractivity (Wildman–Crippen MR) is 50.2 cm³/mol. The number of carboxylic acid groups (broad SMARTS) is 1. The van der Waals surface area contributed by atoms with E-state index in [1.54, 1.807) is 13.0 Å². The molecule has 13 heavy (non-hydrogen) atoms. The fraction of sp³-hybridized carbons (Fsp3) is 0.222. The Bertz CT molecular complexity index is 350. The highest BCUT2D eigenvalue weighted by atomic mass is 79.9. The Kier molecular flexibility index (Phi) is 3.03. The molecule has 0 aromatic heterocycles. The second-order valence-corrected chi connectivity index (χ2v) is 3.52. The van der Waals surface area contributed by atoms with E-state index in [1.807, 2.05) is 0 Å². The first kappa shape index (κ1) is 10.2. The fourth-order valence-corrected chi connectivity index (χ4v) is 1.64. The third-order valence-corrected chi connectivity index (χ3v) is 2.62. The number of rotatable bonds is 2. The molecule has 0 atom stereocenters. The minimum absolute atomic E-state index is 0.163. The predicted octanol–water partition coefficient (Wildman–Crippen LogP) is 2.52. The largest absolute Gasteiger partial charge is 0.481 e. The lowest BCUT2D eigenvalue weighted by atomic mass is 10.1. The second kappa shape index (κ2) is 3.87. The van der Waals surface area contributed by atoms with E-state index in [2.05, 4.69) is 15.9 Å². The van der Waals surface area contributed by atoms with Gasteiger partial charge in [0.1, 0.15) is 5.82 Å². The van der Waals surface area contributed by atoms with E-state index in [1.165, 1.54) is 6.07 Å². The van der Waals surface area contributed by atoms with Crippen molar-refractivity contribution >= 4 is 21.9 Å². The summed E-state index contributed by atoms with van der Waals surface area (Å²) in [6.45, 7) is 1.75. The number of aryl methyl sites for hydroxylation is 1. The van der Waals surface area contributed by atoms with Gasteiger partial charge in [-0.2, -0.15) is 0 Å². The van der Waals surface area contributed by atoms with Crippen LogP contribution in [0.1, 0.15) is 11.1 Å². The van der Waals surface area contributed by atoms with Crippen LogP contribution in [0.2, 0.25) is 0 Å². The lowest BCUT2D eigenvalue weighted by molar-refractivity contribution is -0.136. The molecule has 0 saturated heterocycles. The van der Waals surface area contributed by atoms with Crippen LogP contribution in [0.3, 0.4) is 0 Å². The van der Waals surface area contributed by atoms with Crippen molar-refractivity contribution in [2.24, 2.45) is 0 Å². The Hall–Kier alpha value is -0.900. The van der Waals surface area contributed by atoms with Crippen molar-refractivity contribution in [1.82, 2.24) is 0 Å². The van der Waals surface area contributed by atoms with Gasteiger partial charge in [0.05, 0.1) is 10.9 Å². The van der Waals surface area contributed by atoms with Crippen molar-refractivity contribution in [3.63, 3.8) is 0 Å². The molecule has 0 aliphatic heterocycles. The van der Waals surface area contributed by atoms with Gasteiger partial charge in [-0.3, -0.25) is 4.79 Å². The maximum Gasteiger partial charge on any atom is 0.307 e. The molecule has 70 valence electrons. The van der Waals surface area contributed by atoms with Gasteiger partial charge in [0.25, 0.3) is 0 Å². The molecule has 1 aromatic rings. The first-order valence-corrected chi connectivity index (χ1v) is 4.47. The van der Waals surface area contributed by atoms with Crippen LogP contribution in [0.4, 0.5) is 4.39 Å². The van der Waals surface area contributed by atoms with Gasteiger partial charge in [0.15, 0.2) is 0 Å². The molecule has 0 radical (unpaired) electrons. The summed E-state index contributed by atoms with van der Waals surface area (Å²) >= 11 is 3.02. The normalized spacial score (nSPS) is 10.1. The molecule has 0 spiro atoms. The lowest BCUT2D eigenvalue weighted by Crippen LogP contribution is -2.03. The van der Waals surface area contributed by atoms with Gasteiger partial charge in [0.2, 0.25) is 0 Å². The Balaban J connectivity index is 3.17. The van der Waals surface area contributed by atoms with Crippen molar-refractivity contribution in [3.05, 3.63) is 33.5 Å². The molecule has 1 N–H and O–H groups in total. The van der Waals surface area contributed by atoms with E-state index in [-0.39, 0.29) is 10.9 Å². The van der Waals surface area contributed by atoms with Crippen molar-refractivity contribution in [1.29, 1.82) is 0 Å². The maximum atomic E-state index is 13.0. The number of halogens is 2. The molecule has 0 aliphatic carbocycles. The van der Waals surface area contributed by atoms with Gasteiger partial charge < -0.3 is 5.11 Å². The van der Waals surface area contributed by atoms with Gasteiger partial charge in [-0.1, -0.05) is 6.07 Å². The Morgan fingerprint density at radius 3 is 2.77 bits per heavy atom. The van der Waals surface area contributed by atoms with Crippen LogP contribution < -0.4 is 0 Å². The van der Waals surface area contributed by atoms with Crippen LogP contribution in [0.15, 0.2) is 16.6 Å². The molecule has 0 heterocycles. The summed E-state index contributed by atoms with van der Waals surface area (Å²) < 4.78 is 13.2. The molecular formula is C9H8BrFO2. The van der Waals surface area contributed by atoms with Crippen molar-refractivity contribution in [2.45, 2.75) is 13.3 Å². The zero-order valence-electron chi connectivity index (χ0n) is 6.97.